The van der Waals surface area contributed by atoms with Crippen LogP contribution in [0.2, 0.25) is 0 Å². The fraction of sp³-hybridized carbons (Fsp3) is 0.0909. The lowest BCUT2D eigenvalue weighted by molar-refractivity contribution is 0.0592. The number of rotatable bonds is 4. The predicted octanol–water partition coefficient (Wildman–Crippen LogP) is 4.15. The summed E-state index contributed by atoms with van der Waals surface area (Å²) >= 11 is 3.38. The Bertz CT molecular complexity index is 960. The maximum atomic E-state index is 12.1. The van der Waals surface area contributed by atoms with Crippen molar-refractivity contribution in [3.8, 4) is 22.3 Å². The number of hydrogen-bond acceptors (Lipinski definition) is 4. The molecule has 3 aromatic rings. The highest BCUT2D eigenvalue weighted by atomic mass is 79.9. The average Bonchev–Trinajstić information content (AvgIpc) is 2.72. The van der Waals surface area contributed by atoms with Gasteiger partial charge in [0, 0.05) is 4.47 Å². The van der Waals surface area contributed by atoms with E-state index in [-0.39, 0.29) is 0 Å². The van der Waals surface area contributed by atoms with Crippen LogP contribution in [0.5, 0.6) is 0 Å². The third-order valence-corrected chi connectivity index (χ3v) is 4.84. The summed E-state index contributed by atoms with van der Waals surface area (Å²) in [5, 5.41) is 0. The van der Waals surface area contributed by atoms with E-state index in [9.17, 15) is 9.59 Å². The van der Waals surface area contributed by atoms with Gasteiger partial charge in [-0.1, -0.05) is 69.9 Å². The van der Waals surface area contributed by atoms with Crippen LogP contribution in [0.3, 0.4) is 0 Å². The Kier molecular flexibility index (Phi) is 6.00. The molecule has 0 heterocycles. The van der Waals surface area contributed by atoms with Crippen molar-refractivity contribution in [1.29, 1.82) is 0 Å². The van der Waals surface area contributed by atoms with E-state index in [1.807, 2.05) is 36.4 Å². The SMILES string of the molecule is [B]c1ccc(-c2ccc(-c3ccc(Br)cc3C(=O)OC)cc2)c(C(=O)OC)c1. The van der Waals surface area contributed by atoms with Crippen LogP contribution in [0.25, 0.3) is 22.3 Å². The quantitative estimate of drug-likeness (QED) is 0.457. The summed E-state index contributed by atoms with van der Waals surface area (Å²) in [6.07, 6.45) is 0. The lowest BCUT2D eigenvalue weighted by Gasteiger charge is -2.12. The fourth-order valence-electron chi connectivity index (χ4n) is 2.97. The molecule has 28 heavy (non-hydrogen) atoms. The Morgan fingerprint density at radius 2 is 1.21 bits per heavy atom. The molecular formula is C22H16BBrO4. The smallest absolute Gasteiger partial charge is 0.338 e. The van der Waals surface area contributed by atoms with Crippen molar-refractivity contribution >= 4 is 41.2 Å². The van der Waals surface area contributed by atoms with Crippen LogP contribution in [0.4, 0.5) is 0 Å². The van der Waals surface area contributed by atoms with E-state index in [0.29, 0.717) is 16.6 Å². The molecule has 0 aliphatic carbocycles. The topological polar surface area (TPSA) is 52.6 Å². The number of carbonyl (C=O) groups excluding carboxylic acids is 2. The van der Waals surface area contributed by atoms with Crippen LogP contribution in [0, 0.1) is 0 Å². The highest BCUT2D eigenvalue weighted by Gasteiger charge is 2.16. The first kappa shape index (κ1) is 19.9. The highest BCUT2D eigenvalue weighted by Crippen LogP contribution is 2.30. The van der Waals surface area contributed by atoms with Crippen molar-refractivity contribution < 1.29 is 19.1 Å². The molecule has 0 N–H and O–H groups in total. The first-order valence-electron chi connectivity index (χ1n) is 8.41. The van der Waals surface area contributed by atoms with Crippen LogP contribution in [-0.4, -0.2) is 34.0 Å². The molecule has 138 valence electrons. The number of ether oxygens (including phenoxy) is 2. The summed E-state index contributed by atoms with van der Waals surface area (Å²) < 4.78 is 10.5. The van der Waals surface area contributed by atoms with Gasteiger partial charge in [0.2, 0.25) is 0 Å². The Morgan fingerprint density at radius 3 is 1.71 bits per heavy atom. The minimum Gasteiger partial charge on any atom is -0.465 e. The molecule has 0 amide bonds. The minimum atomic E-state index is -0.452. The van der Waals surface area contributed by atoms with Crippen LogP contribution >= 0.6 is 15.9 Å². The molecule has 0 aliphatic rings. The molecule has 0 saturated heterocycles. The molecule has 3 aromatic carbocycles. The van der Waals surface area contributed by atoms with E-state index in [2.05, 4.69) is 15.9 Å². The number of esters is 2. The van der Waals surface area contributed by atoms with E-state index in [1.165, 1.54) is 14.2 Å². The number of carbonyl (C=O) groups is 2. The zero-order chi connectivity index (χ0) is 20.3. The normalized spacial score (nSPS) is 10.4. The van der Waals surface area contributed by atoms with E-state index < -0.39 is 11.9 Å². The van der Waals surface area contributed by atoms with Gasteiger partial charge in [-0.2, -0.15) is 0 Å². The molecule has 0 saturated carbocycles. The maximum absolute atomic E-state index is 12.1. The van der Waals surface area contributed by atoms with E-state index in [0.717, 1.165) is 26.7 Å². The zero-order valence-electron chi connectivity index (χ0n) is 15.4. The van der Waals surface area contributed by atoms with Crippen molar-refractivity contribution in [2.45, 2.75) is 0 Å². The van der Waals surface area contributed by atoms with Crippen LogP contribution in [0.1, 0.15) is 20.7 Å². The molecule has 0 aromatic heterocycles. The van der Waals surface area contributed by atoms with E-state index in [1.54, 1.807) is 24.3 Å². The fourth-order valence-corrected chi connectivity index (χ4v) is 3.33. The summed E-state index contributed by atoms with van der Waals surface area (Å²) in [5.74, 6) is -0.862. The van der Waals surface area contributed by atoms with Gasteiger partial charge in [-0.3, -0.25) is 0 Å². The van der Waals surface area contributed by atoms with Crippen molar-refractivity contribution in [2.24, 2.45) is 0 Å². The van der Waals surface area contributed by atoms with Crippen molar-refractivity contribution in [3.63, 3.8) is 0 Å². The second kappa shape index (κ2) is 8.44. The molecule has 0 aliphatic heterocycles. The Balaban J connectivity index is 2.05. The largest absolute Gasteiger partial charge is 0.465 e. The monoisotopic (exact) mass is 434 g/mol. The van der Waals surface area contributed by atoms with Gasteiger partial charge in [-0.05, 0) is 34.4 Å². The van der Waals surface area contributed by atoms with Gasteiger partial charge in [0.05, 0.1) is 25.3 Å². The van der Waals surface area contributed by atoms with Crippen molar-refractivity contribution in [1.82, 2.24) is 0 Å². The third kappa shape index (κ3) is 4.02. The molecule has 2 radical (unpaired) electrons. The Hall–Kier alpha value is -2.86. The van der Waals surface area contributed by atoms with Gasteiger partial charge in [-0.15, -0.1) is 0 Å². The molecule has 0 fully saturated rings. The standard InChI is InChI=1S/C22H16BBrO4/c1-27-21(25)19-11-15(23)7-9-17(19)13-3-5-14(6-4-13)18-10-8-16(24)12-20(18)22(26)28-2/h3-12H,1-2H3. The van der Waals surface area contributed by atoms with Gasteiger partial charge in [-0.25, -0.2) is 9.59 Å². The van der Waals surface area contributed by atoms with Crippen LogP contribution in [0.15, 0.2) is 65.1 Å². The minimum absolute atomic E-state index is 0.397. The number of halogens is 1. The first-order valence-corrected chi connectivity index (χ1v) is 9.20. The average molecular weight is 435 g/mol. The summed E-state index contributed by atoms with van der Waals surface area (Å²) in [4.78, 5) is 24.2. The van der Waals surface area contributed by atoms with Crippen molar-refractivity contribution in [2.75, 3.05) is 14.2 Å². The van der Waals surface area contributed by atoms with Crippen LogP contribution in [-0.2, 0) is 9.47 Å². The number of benzene rings is 3. The number of hydrogen-bond donors (Lipinski definition) is 0. The third-order valence-electron chi connectivity index (χ3n) is 4.34. The van der Waals surface area contributed by atoms with Gasteiger partial charge in [0.15, 0.2) is 0 Å². The summed E-state index contributed by atoms with van der Waals surface area (Å²) in [7, 11) is 8.50. The molecule has 0 bridgehead atoms. The summed E-state index contributed by atoms with van der Waals surface area (Å²) in [6, 6.07) is 18.1. The Labute approximate surface area is 173 Å². The summed E-state index contributed by atoms with van der Waals surface area (Å²) in [5.41, 5.74) is 4.51. The molecule has 0 atom stereocenters. The van der Waals surface area contributed by atoms with Gasteiger partial charge >= 0.3 is 11.9 Å². The molecule has 0 unspecified atom stereocenters. The molecule has 0 spiro atoms. The van der Waals surface area contributed by atoms with Gasteiger partial charge < -0.3 is 9.47 Å². The van der Waals surface area contributed by atoms with Crippen LogP contribution < -0.4 is 5.46 Å². The molecule has 3 rings (SSSR count). The highest BCUT2D eigenvalue weighted by molar-refractivity contribution is 9.10. The lowest BCUT2D eigenvalue weighted by Crippen LogP contribution is -2.10. The van der Waals surface area contributed by atoms with E-state index >= 15 is 0 Å². The van der Waals surface area contributed by atoms with Gasteiger partial charge in [0.25, 0.3) is 0 Å². The molecule has 4 nitrogen and oxygen atoms in total. The first-order chi connectivity index (χ1) is 13.4. The lowest BCUT2D eigenvalue weighted by atomic mass is 9.89. The van der Waals surface area contributed by atoms with Gasteiger partial charge in [0.1, 0.15) is 7.85 Å². The van der Waals surface area contributed by atoms with E-state index in [4.69, 9.17) is 17.3 Å². The number of methoxy groups -OCH3 is 2. The molecule has 6 heteroatoms. The second-order valence-corrected chi connectivity index (χ2v) is 6.97. The molecular weight excluding hydrogens is 419 g/mol. The predicted molar refractivity (Wildman–Crippen MR) is 113 cm³/mol. The van der Waals surface area contributed by atoms with Crippen molar-refractivity contribution in [3.05, 3.63) is 76.3 Å². The Morgan fingerprint density at radius 1 is 0.750 bits per heavy atom. The second-order valence-electron chi connectivity index (χ2n) is 6.06. The summed E-state index contributed by atoms with van der Waals surface area (Å²) in [6.45, 7) is 0. The maximum Gasteiger partial charge on any atom is 0.338 e. The zero-order valence-corrected chi connectivity index (χ0v) is 16.9.